The first-order valence-electron chi connectivity index (χ1n) is 5.06. The zero-order chi connectivity index (χ0) is 10.7. The van der Waals surface area contributed by atoms with Crippen molar-refractivity contribution in [2.45, 2.75) is 20.4 Å². The molecular formula is C10H15N3S2. The summed E-state index contributed by atoms with van der Waals surface area (Å²) in [6.45, 7) is 6.10. The molecule has 0 aliphatic carbocycles. The van der Waals surface area contributed by atoms with E-state index in [4.69, 9.17) is 0 Å². The summed E-state index contributed by atoms with van der Waals surface area (Å²) < 4.78 is 0. The molecule has 2 heterocycles. The SMILES string of the molecule is Cc1ncsc1CNC1=NCC(C)CS1. The van der Waals surface area contributed by atoms with E-state index in [9.17, 15) is 0 Å². The van der Waals surface area contributed by atoms with Gasteiger partial charge in [0.1, 0.15) is 0 Å². The number of nitrogens with zero attached hydrogens (tertiary/aromatic N) is 2. The van der Waals surface area contributed by atoms with Crippen LogP contribution in [0.25, 0.3) is 0 Å². The highest BCUT2D eigenvalue weighted by Gasteiger charge is 2.12. The molecular weight excluding hydrogens is 226 g/mol. The van der Waals surface area contributed by atoms with Gasteiger partial charge in [0.15, 0.2) is 5.17 Å². The van der Waals surface area contributed by atoms with Crippen molar-refractivity contribution in [3.05, 3.63) is 16.1 Å². The van der Waals surface area contributed by atoms with Crippen LogP contribution < -0.4 is 5.32 Å². The van der Waals surface area contributed by atoms with E-state index in [1.807, 2.05) is 24.2 Å². The lowest BCUT2D eigenvalue weighted by Gasteiger charge is -2.17. The third kappa shape index (κ3) is 2.95. The molecule has 0 bridgehead atoms. The second-order valence-electron chi connectivity index (χ2n) is 3.78. The lowest BCUT2D eigenvalue weighted by Crippen LogP contribution is -2.25. The van der Waals surface area contributed by atoms with Gasteiger partial charge in [0.05, 0.1) is 17.7 Å². The van der Waals surface area contributed by atoms with Crippen molar-refractivity contribution >= 4 is 28.3 Å². The molecule has 1 atom stereocenters. The van der Waals surface area contributed by atoms with Gasteiger partial charge in [0.25, 0.3) is 0 Å². The second kappa shape index (κ2) is 4.99. The molecule has 0 amide bonds. The minimum absolute atomic E-state index is 0.714. The summed E-state index contributed by atoms with van der Waals surface area (Å²) in [6, 6.07) is 0. The molecule has 5 heteroatoms. The highest BCUT2D eigenvalue weighted by Crippen LogP contribution is 2.17. The molecule has 0 spiro atoms. The first-order valence-corrected chi connectivity index (χ1v) is 6.92. The molecule has 1 N–H and O–H groups in total. The quantitative estimate of drug-likeness (QED) is 0.863. The Morgan fingerprint density at radius 3 is 3.07 bits per heavy atom. The Hall–Kier alpha value is -0.550. The highest BCUT2D eigenvalue weighted by molar-refractivity contribution is 8.13. The van der Waals surface area contributed by atoms with Gasteiger partial charge < -0.3 is 5.32 Å². The van der Waals surface area contributed by atoms with Crippen LogP contribution in [0.1, 0.15) is 17.5 Å². The number of thiazole rings is 1. The number of aryl methyl sites for hydroxylation is 1. The number of amidine groups is 1. The summed E-state index contributed by atoms with van der Waals surface area (Å²) in [5.74, 6) is 1.89. The molecule has 1 aliphatic heterocycles. The Labute approximate surface area is 98.4 Å². The third-order valence-corrected chi connectivity index (χ3v) is 4.51. The fourth-order valence-corrected chi connectivity index (χ4v) is 2.92. The topological polar surface area (TPSA) is 37.3 Å². The number of hydrogen-bond acceptors (Lipinski definition) is 5. The molecule has 1 unspecified atom stereocenters. The summed E-state index contributed by atoms with van der Waals surface area (Å²) >= 11 is 3.52. The van der Waals surface area contributed by atoms with E-state index in [0.29, 0.717) is 5.92 Å². The Bertz CT molecular complexity index is 359. The van der Waals surface area contributed by atoms with Crippen LogP contribution >= 0.6 is 23.1 Å². The molecule has 2 rings (SSSR count). The molecule has 0 saturated carbocycles. The van der Waals surface area contributed by atoms with E-state index in [1.54, 1.807) is 11.3 Å². The number of nitrogens with one attached hydrogen (secondary N) is 1. The van der Waals surface area contributed by atoms with Crippen LogP contribution in [0.2, 0.25) is 0 Å². The zero-order valence-electron chi connectivity index (χ0n) is 8.99. The van der Waals surface area contributed by atoms with E-state index in [1.165, 1.54) is 10.6 Å². The molecule has 0 saturated heterocycles. The van der Waals surface area contributed by atoms with Crippen molar-refractivity contribution in [2.24, 2.45) is 10.9 Å². The smallest absolute Gasteiger partial charge is 0.156 e. The maximum Gasteiger partial charge on any atom is 0.156 e. The van der Waals surface area contributed by atoms with Crippen molar-refractivity contribution in [1.82, 2.24) is 10.3 Å². The fraction of sp³-hybridized carbons (Fsp3) is 0.600. The van der Waals surface area contributed by atoms with Gasteiger partial charge in [-0.3, -0.25) is 4.99 Å². The summed E-state index contributed by atoms with van der Waals surface area (Å²) in [5.41, 5.74) is 3.02. The van der Waals surface area contributed by atoms with Gasteiger partial charge in [-0.2, -0.15) is 0 Å². The van der Waals surface area contributed by atoms with Gasteiger partial charge in [-0.25, -0.2) is 4.98 Å². The highest BCUT2D eigenvalue weighted by atomic mass is 32.2. The van der Waals surface area contributed by atoms with E-state index in [2.05, 4.69) is 22.2 Å². The van der Waals surface area contributed by atoms with Crippen molar-refractivity contribution in [1.29, 1.82) is 0 Å². The van der Waals surface area contributed by atoms with E-state index in [-0.39, 0.29) is 0 Å². The summed E-state index contributed by atoms with van der Waals surface area (Å²) in [5, 5.41) is 4.45. The van der Waals surface area contributed by atoms with Gasteiger partial charge in [-0.05, 0) is 12.8 Å². The molecule has 1 aliphatic rings. The normalized spacial score (nSPS) is 21.2. The number of aromatic nitrogens is 1. The van der Waals surface area contributed by atoms with E-state index >= 15 is 0 Å². The third-order valence-electron chi connectivity index (χ3n) is 2.30. The first-order chi connectivity index (χ1) is 7.25. The Morgan fingerprint density at radius 1 is 1.60 bits per heavy atom. The predicted octanol–water partition coefficient (Wildman–Crippen LogP) is 2.28. The minimum atomic E-state index is 0.714. The summed E-state index contributed by atoms with van der Waals surface area (Å²) in [4.78, 5) is 10.0. The Morgan fingerprint density at radius 2 is 2.47 bits per heavy atom. The van der Waals surface area contributed by atoms with Crippen molar-refractivity contribution in [3.63, 3.8) is 0 Å². The fourth-order valence-electron chi connectivity index (χ4n) is 1.32. The molecule has 1 aromatic heterocycles. The van der Waals surface area contributed by atoms with E-state index < -0.39 is 0 Å². The number of aliphatic imine (C=N–C) groups is 1. The standard InChI is InChI=1S/C10H15N3S2/c1-7-3-11-10(14-5-7)12-4-9-8(2)13-6-15-9/h6-7H,3-5H2,1-2H3,(H,11,12). The Balaban J connectivity index is 1.86. The number of hydrogen-bond donors (Lipinski definition) is 1. The van der Waals surface area contributed by atoms with Gasteiger partial charge >= 0.3 is 0 Å². The van der Waals surface area contributed by atoms with E-state index in [0.717, 1.165) is 24.0 Å². The maximum atomic E-state index is 4.49. The van der Waals surface area contributed by atoms with Crippen LogP contribution in [-0.2, 0) is 6.54 Å². The number of rotatable bonds is 2. The van der Waals surface area contributed by atoms with Gasteiger partial charge in [-0.15, -0.1) is 11.3 Å². The van der Waals surface area contributed by atoms with Crippen molar-refractivity contribution in [2.75, 3.05) is 12.3 Å². The molecule has 3 nitrogen and oxygen atoms in total. The van der Waals surface area contributed by atoms with Gasteiger partial charge in [0.2, 0.25) is 0 Å². The molecule has 0 aromatic carbocycles. The maximum absolute atomic E-state index is 4.49. The van der Waals surface area contributed by atoms with Crippen molar-refractivity contribution < 1.29 is 0 Å². The first kappa shape index (κ1) is 11.0. The molecule has 1 aromatic rings. The van der Waals surface area contributed by atoms with Crippen LogP contribution in [0, 0.1) is 12.8 Å². The monoisotopic (exact) mass is 241 g/mol. The van der Waals surface area contributed by atoms with Crippen LogP contribution in [0.3, 0.4) is 0 Å². The summed E-state index contributed by atoms with van der Waals surface area (Å²) in [7, 11) is 0. The molecule has 82 valence electrons. The molecule has 0 fully saturated rings. The van der Waals surface area contributed by atoms with Gasteiger partial charge in [0, 0.05) is 17.2 Å². The average molecular weight is 241 g/mol. The van der Waals surface area contributed by atoms with Crippen LogP contribution in [-0.4, -0.2) is 22.4 Å². The predicted molar refractivity (Wildman–Crippen MR) is 67.6 cm³/mol. The van der Waals surface area contributed by atoms with Crippen molar-refractivity contribution in [3.8, 4) is 0 Å². The van der Waals surface area contributed by atoms with Gasteiger partial charge in [-0.1, -0.05) is 18.7 Å². The van der Waals surface area contributed by atoms with Crippen LogP contribution in [0.4, 0.5) is 0 Å². The lowest BCUT2D eigenvalue weighted by atomic mass is 10.2. The molecule has 15 heavy (non-hydrogen) atoms. The Kier molecular flexibility index (Phi) is 3.64. The largest absolute Gasteiger partial charge is 0.360 e. The minimum Gasteiger partial charge on any atom is -0.360 e. The lowest BCUT2D eigenvalue weighted by molar-refractivity contribution is 0.669. The zero-order valence-corrected chi connectivity index (χ0v) is 10.6. The van der Waals surface area contributed by atoms with Crippen LogP contribution in [0.5, 0.6) is 0 Å². The second-order valence-corrected chi connectivity index (χ2v) is 5.72. The summed E-state index contributed by atoms with van der Waals surface area (Å²) in [6.07, 6.45) is 0. The average Bonchev–Trinajstić information content (AvgIpc) is 2.63. The number of thioether (sulfide) groups is 1. The molecule has 0 radical (unpaired) electrons. The van der Waals surface area contributed by atoms with Crippen LogP contribution in [0.15, 0.2) is 10.5 Å².